The van der Waals surface area contributed by atoms with Gasteiger partial charge in [0.25, 0.3) is 5.89 Å². The molecule has 1 saturated carbocycles. The average Bonchev–Trinajstić information content (AvgIpc) is 2.90. The van der Waals surface area contributed by atoms with E-state index in [1.165, 1.54) is 0 Å². The lowest BCUT2D eigenvalue weighted by molar-refractivity contribution is -0.0609. The van der Waals surface area contributed by atoms with E-state index in [0.717, 1.165) is 31.6 Å². The normalized spacial score (nSPS) is 27.6. The second kappa shape index (κ2) is 6.45. The molecular formula is C13H23N3O3. The summed E-state index contributed by atoms with van der Waals surface area (Å²) in [5.41, 5.74) is 4.97. The van der Waals surface area contributed by atoms with Gasteiger partial charge in [0.05, 0.1) is 6.61 Å². The number of nitrogens with zero attached hydrogens (tertiary/aromatic N) is 2. The van der Waals surface area contributed by atoms with Crippen LogP contribution in [0, 0.1) is 5.92 Å². The molecule has 0 bridgehead atoms. The lowest BCUT2D eigenvalue weighted by Crippen LogP contribution is -2.34. The van der Waals surface area contributed by atoms with Crippen molar-refractivity contribution in [2.24, 2.45) is 11.7 Å². The number of ether oxygens (including phenoxy) is 2. The second-order valence-electron chi connectivity index (χ2n) is 5.23. The van der Waals surface area contributed by atoms with Gasteiger partial charge in [-0.25, -0.2) is 0 Å². The quantitative estimate of drug-likeness (QED) is 0.790. The first-order valence-electron chi connectivity index (χ1n) is 6.86. The van der Waals surface area contributed by atoms with Crippen molar-refractivity contribution in [3.05, 3.63) is 11.7 Å². The molecule has 0 radical (unpaired) electrons. The third kappa shape index (κ3) is 3.32. The Bertz CT molecular complexity index is 386. The molecule has 0 amide bonds. The minimum Gasteiger partial charge on any atom is -0.370 e. The largest absolute Gasteiger partial charge is 0.370 e. The molecule has 0 spiro atoms. The SMILES string of the molecule is COC1(c2noc(COCCN)n2)CCC(C)CC1. The Morgan fingerprint density at radius 3 is 2.79 bits per heavy atom. The van der Waals surface area contributed by atoms with Crippen molar-refractivity contribution in [3.63, 3.8) is 0 Å². The molecule has 1 aromatic heterocycles. The Kier molecular flexibility index (Phi) is 4.90. The summed E-state index contributed by atoms with van der Waals surface area (Å²) < 4.78 is 16.2. The zero-order valence-corrected chi connectivity index (χ0v) is 11.7. The fourth-order valence-corrected chi connectivity index (χ4v) is 2.49. The van der Waals surface area contributed by atoms with Crippen molar-refractivity contribution in [1.82, 2.24) is 10.1 Å². The molecule has 1 aromatic rings. The minimum atomic E-state index is -0.387. The van der Waals surface area contributed by atoms with E-state index in [-0.39, 0.29) is 5.60 Å². The van der Waals surface area contributed by atoms with Crippen LogP contribution in [0.1, 0.15) is 44.3 Å². The minimum absolute atomic E-state index is 0.306. The van der Waals surface area contributed by atoms with E-state index >= 15 is 0 Å². The zero-order chi connectivity index (χ0) is 13.7. The van der Waals surface area contributed by atoms with Crippen molar-refractivity contribution >= 4 is 0 Å². The van der Waals surface area contributed by atoms with Crippen LogP contribution in [0.3, 0.4) is 0 Å². The molecule has 0 aromatic carbocycles. The van der Waals surface area contributed by atoms with Crippen LogP contribution >= 0.6 is 0 Å². The van der Waals surface area contributed by atoms with Crippen LogP contribution in [0.4, 0.5) is 0 Å². The Morgan fingerprint density at radius 2 is 2.16 bits per heavy atom. The first-order chi connectivity index (χ1) is 9.20. The summed E-state index contributed by atoms with van der Waals surface area (Å²) in [5, 5.41) is 4.06. The lowest BCUT2D eigenvalue weighted by atomic mass is 9.79. The standard InChI is InChI=1S/C13H23N3O3/c1-10-3-5-13(17-2,6-4-10)12-15-11(19-16-12)9-18-8-7-14/h10H,3-9,14H2,1-2H3. The monoisotopic (exact) mass is 269 g/mol. The molecule has 1 aliphatic carbocycles. The van der Waals surface area contributed by atoms with Crippen molar-refractivity contribution in [3.8, 4) is 0 Å². The Morgan fingerprint density at radius 1 is 1.42 bits per heavy atom. The van der Waals surface area contributed by atoms with E-state index < -0.39 is 0 Å². The van der Waals surface area contributed by atoms with Gasteiger partial charge in [0.2, 0.25) is 5.82 Å². The molecule has 108 valence electrons. The number of hydrogen-bond acceptors (Lipinski definition) is 6. The molecule has 1 aliphatic rings. The molecule has 2 N–H and O–H groups in total. The predicted molar refractivity (Wildman–Crippen MR) is 69.3 cm³/mol. The summed E-state index contributed by atoms with van der Waals surface area (Å²) in [5.74, 6) is 1.87. The summed E-state index contributed by atoms with van der Waals surface area (Å²) in [6.45, 7) is 3.55. The van der Waals surface area contributed by atoms with E-state index in [2.05, 4.69) is 17.1 Å². The molecule has 0 unspecified atom stereocenters. The summed E-state index contributed by atoms with van der Waals surface area (Å²) >= 11 is 0. The molecule has 1 heterocycles. The van der Waals surface area contributed by atoms with Gasteiger partial charge in [0, 0.05) is 13.7 Å². The summed E-state index contributed by atoms with van der Waals surface area (Å²) in [7, 11) is 1.72. The number of methoxy groups -OCH3 is 1. The first kappa shape index (κ1) is 14.4. The first-order valence-corrected chi connectivity index (χ1v) is 6.86. The van der Waals surface area contributed by atoms with E-state index in [4.69, 9.17) is 19.7 Å². The van der Waals surface area contributed by atoms with E-state index in [1.807, 2.05) is 0 Å². The highest BCUT2D eigenvalue weighted by Gasteiger charge is 2.40. The summed E-state index contributed by atoms with van der Waals surface area (Å²) in [6, 6.07) is 0. The Labute approximate surface area is 113 Å². The molecule has 1 fully saturated rings. The van der Waals surface area contributed by atoms with Crippen LogP contribution < -0.4 is 5.73 Å². The Hall–Kier alpha value is -0.980. The highest BCUT2D eigenvalue weighted by molar-refractivity contribution is 5.03. The fraction of sp³-hybridized carbons (Fsp3) is 0.846. The zero-order valence-electron chi connectivity index (χ0n) is 11.7. The van der Waals surface area contributed by atoms with Gasteiger partial charge in [-0.05, 0) is 31.6 Å². The van der Waals surface area contributed by atoms with E-state index in [0.29, 0.717) is 31.5 Å². The van der Waals surface area contributed by atoms with Crippen molar-refractivity contribution in [2.75, 3.05) is 20.3 Å². The van der Waals surface area contributed by atoms with Crippen molar-refractivity contribution in [2.45, 2.75) is 44.8 Å². The summed E-state index contributed by atoms with van der Waals surface area (Å²) in [4.78, 5) is 4.41. The number of rotatable bonds is 6. The maximum atomic E-state index is 5.71. The van der Waals surface area contributed by atoms with Gasteiger partial charge in [-0.1, -0.05) is 12.1 Å². The average molecular weight is 269 g/mol. The topological polar surface area (TPSA) is 83.4 Å². The molecule has 2 rings (SSSR count). The van der Waals surface area contributed by atoms with Crippen LogP contribution in [-0.4, -0.2) is 30.4 Å². The van der Waals surface area contributed by atoms with Gasteiger partial charge in [0.1, 0.15) is 12.2 Å². The van der Waals surface area contributed by atoms with Crippen LogP contribution in [0.25, 0.3) is 0 Å². The molecule has 0 atom stereocenters. The van der Waals surface area contributed by atoms with Crippen LogP contribution in [0.5, 0.6) is 0 Å². The van der Waals surface area contributed by atoms with E-state index in [1.54, 1.807) is 7.11 Å². The summed E-state index contributed by atoms with van der Waals surface area (Å²) in [6.07, 6.45) is 4.13. The van der Waals surface area contributed by atoms with Gasteiger partial charge < -0.3 is 19.7 Å². The third-order valence-electron chi connectivity index (χ3n) is 3.84. The third-order valence-corrected chi connectivity index (χ3v) is 3.84. The molecule has 6 heteroatoms. The van der Waals surface area contributed by atoms with E-state index in [9.17, 15) is 0 Å². The fourth-order valence-electron chi connectivity index (χ4n) is 2.49. The molecule has 19 heavy (non-hydrogen) atoms. The highest BCUT2D eigenvalue weighted by atomic mass is 16.5. The van der Waals surface area contributed by atoms with Gasteiger partial charge in [-0.3, -0.25) is 0 Å². The number of nitrogens with two attached hydrogens (primary N) is 1. The highest BCUT2D eigenvalue weighted by Crippen LogP contribution is 2.40. The lowest BCUT2D eigenvalue weighted by Gasteiger charge is -2.35. The van der Waals surface area contributed by atoms with Crippen molar-refractivity contribution < 1.29 is 14.0 Å². The molecule has 6 nitrogen and oxygen atoms in total. The number of hydrogen-bond donors (Lipinski definition) is 1. The van der Waals surface area contributed by atoms with Crippen LogP contribution in [-0.2, 0) is 21.7 Å². The smallest absolute Gasteiger partial charge is 0.252 e. The van der Waals surface area contributed by atoms with Crippen LogP contribution in [0.15, 0.2) is 4.52 Å². The van der Waals surface area contributed by atoms with Gasteiger partial charge >= 0.3 is 0 Å². The Balaban J connectivity index is 2.02. The van der Waals surface area contributed by atoms with Crippen LogP contribution in [0.2, 0.25) is 0 Å². The van der Waals surface area contributed by atoms with Gasteiger partial charge in [-0.2, -0.15) is 4.98 Å². The maximum Gasteiger partial charge on any atom is 0.252 e. The number of aromatic nitrogens is 2. The van der Waals surface area contributed by atoms with Gasteiger partial charge in [0.15, 0.2) is 0 Å². The van der Waals surface area contributed by atoms with Gasteiger partial charge in [-0.15, -0.1) is 0 Å². The molecule has 0 saturated heterocycles. The predicted octanol–water partition coefficient (Wildman–Crippen LogP) is 1.60. The maximum absolute atomic E-state index is 5.71. The van der Waals surface area contributed by atoms with Crippen molar-refractivity contribution in [1.29, 1.82) is 0 Å². The molecule has 0 aliphatic heterocycles. The molecular weight excluding hydrogens is 246 g/mol. The second-order valence-corrected chi connectivity index (χ2v) is 5.23.